The van der Waals surface area contributed by atoms with E-state index in [0.717, 1.165) is 0 Å². The lowest BCUT2D eigenvalue weighted by Crippen LogP contribution is -1.99. The Morgan fingerprint density at radius 3 is 2.62 bits per heavy atom. The van der Waals surface area contributed by atoms with Crippen LogP contribution in [0.25, 0.3) is 0 Å². The fourth-order valence-electron chi connectivity index (χ4n) is 1.16. The Morgan fingerprint density at radius 2 is 2.15 bits per heavy atom. The Labute approximate surface area is 75.5 Å². The third kappa shape index (κ3) is 1.74. The minimum absolute atomic E-state index is 0.0619. The van der Waals surface area contributed by atoms with Crippen LogP contribution in [0.4, 0.5) is 5.69 Å². The molecule has 0 aromatic carbocycles. The van der Waals surface area contributed by atoms with Crippen molar-refractivity contribution in [2.24, 2.45) is 0 Å². The van der Waals surface area contributed by atoms with Crippen LogP contribution in [0.3, 0.4) is 0 Å². The highest BCUT2D eigenvalue weighted by molar-refractivity contribution is 5.50. The van der Waals surface area contributed by atoms with Crippen molar-refractivity contribution in [2.45, 2.75) is 13.8 Å². The molecule has 0 fully saturated rings. The molecule has 0 aliphatic rings. The average molecular weight is 182 g/mol. The molecule has 13 heavy (non-hydrogen) atoms. The maximum atomic E-state index is 10.6. The van der Waals surface area contributed by atoms with Gasteiger partial charge in [0.15, 0.2) is 0 Å². The first kappa shape index (κ1) is 9.44. The fraction of sp³-hybridized carbons (Fsp3) is 0.375. The van der Waals surface area contributed by atoms with E-state index in [1.54, 1.807) is 19.9 Å². The second kappa shape index (κ2) is 3.38. The first-order chi connectivity index (χ1) is 6.06. The van der Waals surface area contributed by atoms with Gasteiger partial charge in [-0.05, 0) is 13.8 Å². The van der Waals surface area contributed by atoms with Gasteiger partial charge in [-0.25, -0.2) is 0 Å². The molecule has 1 aromatic heterocycles. The number of hydrogen-bond donors (Lipinski definition) is 0. The first-order valence-electron chi connectivity index (χ1n) is 3.73. The number of rotatable bonds is 2. The summed E-state index contributed by atoms with van der Waals surface area (Å²) in [7, 11) is 1.40. The minimum atomic E-state index is -0.486. The molecule has 5 heteroatoms. The first-order valence-corrected chi connectivity index (χ1v) is 3.73. The van der Waals surface area contributed by atoms with Gasteiger partial charge in [0.1, 0.15) is 5.69 Å². The zero-order valence-electron chi connectivity index (χ0n) is 7.70. The highest BCUT2D eigenvalue weighted by Gasteiger charge is 2.19. The van der Waals surface area contributed by atoms with Crippen molar-refractivity contribution in [3.8, 4) is 5.75 Å². The quantitative estimate of drug-likeness (QED) is 0.514. The summed E-state index contributed by atoms with van der Waals surface area (Å²) in [6.45, 7) is 3.35. The molecule has 0 unspecified atom stereocenters. The largest absolute Gasteiger partial charge is 0.490 e. The van der Waals surface area contributed by atoms with Gasteiger partial charge in [-0.2, -0.15) is 0 Å². The summed E-state index contributed by atoms with van der Waals surface area (Å²) in [5, 5.41) is 10.6. The Bertz CT molecular complexity index is 349. The van der Waals surface area contributed by atoms with Crippen molar-refractivity contribution in [3.05, 3.63) is 27.6 Å². The van der Waals surface area contributed by atoms with Gasteiger partial charge < -0.3 is 4.74 Å². The van der Waals surface area contributed by atoms with Crippen LogP contribution in [-0.4, -0.2) is 17.0 Å². The highest BCUT2D eigenvalue weighted by Crippen LogP contribution is 2.29. The molecule has 0 aliphatic carbocycles. The van der Waals surface area contributed by atoms with Crippen LogP contribution < -0.4 is 4.74 Å². The molecule has 0 N–H and O–H groups in total. The van der Waals surface area contributed by atoms with Crippen molar-refractivity contribution in [2.75, 3.05) is 7.11 Å². The number of aryl methyl sites for hydroxylation is 2. The van der Waals surface area contributed by atoms with Gasteiger partial charge in [-0.15, -0.1) is 0 Å². The van der Waals surface area contributed by atoms with E-state index in [9.17, 15) is 10.1 Å². The number of aromatic nitrogens is 1. The monoisotopic (exact) mass is 182 g/mol. The number of hydrogen-bond acceptors (Lipinski definition) is 4. The van der Waals surface area contributed by atoms with Crippen LogP contribution in [-0.2, 0) is 0 Å². The second-order valence-corrected chi connectivity index (χ2v) is 2.66. The summed E-state index contributed by atoms with van der Waals surface area (Å²) in [5.41, 5.74) is 1.02. The van der Waals surface area contributed by atoms with Crippen molar-refractivity contribution < 1.29 is 9.66 Å². The second-order valence-electron chi connectivity index (χ2n) is 2.66. The van der Waals surface area contributed by atoms with E-state index >= 15 is 0 Å². The highest BCUT2D eigenvalue weighted by atomic mass is 16.6. The molecule has 0 saturated heterocycles. The average Bonchev–Trinajstić information content (AvgIpc) is 2.01. The lowest BCUT2D eigenvalue weighted by atomic mass is 10.2. The Morgan fingerprint density at radius 1 is 1.54 bits per heavy atom. The van der Waals surface area contributed by atoms with Crippen LogP contribution >= 0.6 is 0 Å². The molecule has 1 aromatic rings. The fourth-order valence-corrected chi connectivity index (χ4v) is 1.16. The van der Waals surface area contributed by atoms with E-state index in [2.05, 4.69) is 4.98 Å². The predicted molar refractivity (Wildman–Crippen MR) is 46.9 cm³/mol. The number of ether oxygens (including phenoxy) is 1. The van der Waals surface area contributed by atoms with E-state index in [1.165, 1.54) is 7.11 Å². The van der Waals surface area contributed by atoms with Gasteiger partial charge in [0.2, 0.25) is 5.75 Å². The van der Waals surface area contributed by atoms with Gasteiger partial charge in [-0.1, -0.05) is 0 Å². The van der Waals surface area contributed by atoms with Crippen LogP contribution in [0.5, 0.6) is 5.75 Å². The minimum Gasteiger partial charge on any atom is -0.490 e. The van der Waals surface area contributed by atoms with Crippen LogP contribution in [0.2, 0.25) is 0 Å². The molecule has 0 radical (unpaired) electrons. The summed E-state index contributed by atoms with van der Waals surface area (Å²) >= 11 is 0. The Balaban J connectivity index is 3.38. The lowest BCUT2D eigenvalue weighted by molar-refractivity contribution is -0.386. The van der Waals surface area contributed by atoms with E-state index < -0.39 is 4.92 Å². The molecular formula is C8H10N2O3. The van der Waals surface area contributed by atoms with Gasteiger partial charge in [0.25, 0.3) is 0 Å². The molecule has 0 amide bonds. The standard InChI is InChI=1S/C8H10N2O3/c1-5-4-7(13-3)8(10(11)12)6(2)9-5/h4H,1-3H3. The van der Waals surface area contributed by atoms with Gasteiger partial charge >= 0.3 is 5.69 Å². The van der Waals surface area contributed by atoms with Crippen molar-refractivity contribution in [1.29, 1.82) is 0 Å². The number of methoxy groups -OCH3 is 1. The molecule has 5 nitrogen and oxygen atoms in total. The third-order valence-electron chi connectivity index (χ3n) is 1.66. The zero-order valence-corrected chi connectivity index (χ0v) is 7.70. The van der Waals surface area contributed by atoms with Gasteiger partial charge in [0, 0.05) is 11.8 Å². The van der Waals surface area contributed by atoms with Crippen molar-refractivity contribution >= 4 is 5.69 Å². The smallest absolute Gasteiger partial charge is 0.331 e. The molecule has 1 rings (SSSR count). The molecule has 0 saturated carbocycles. The van der Waals surface area contributed by atoms with Crippen LogP contribution in [0.1, 0.15) is 11.4 Å². The number of nitro groups is 1. The van der Waals surface area contributed by atoms with Crippen molar-refractivity contribution in [3.63, 3.8) is 0 Å². The SMILES string of the molecule is COc1cc(C)nc(C)c1[N+](=O)[O-]. The number of nitrogens with zero attached hydrogens (tertiary/aromatic N) is 2. The Hall–Kier alpha value is -1.65. The summed E-state index contributed by atoms with van der Waals surface area (Å²) in [6.07, 6.45) is 0. The Kier molecular flexibility index (Phi) is 2.46. The summed E-state index contributed by atoms with van der Waals surface area (Å²) in [6, 6.07) is 1.55. The zero-order chi connectivity index (χ0) is 10.0. The van der Waals surface area contributed by atoms with E-state index in [4.69, 9.17) is 4.74 Å². The lowest BCUT2D eigenvalue weighted by Gasteiger charge is -2.04. The van der Waals surface area contributed by atoms with Crippen molar-refractivity contribution in [1.82, 2.24) is 4.98 Å². The molecule has 70 valence electrons. The van der Waals surface area contributed by atoms with E-state index in [1.807, 2.05) is 0 Å². The molecule has 0 spiro atoms. The predicted octanol–water partition coefficient (Wildman–Crippen LogP) is 1.62. The van der Waals surface area contributed by atoms with Crippen LogP contribution in [0.15, 0.2) is 6.07 Å². The topological polar surface area (TPSA) is 65.3 Å². The summed E-state index contributed by atoms with van der Waals surface area (Å²) in [4.78, 5) is 14.1. The molecule has 0 atom stereocenters. The normalized spacial score (nSPS) is 9.77. The van der Waals surface area contributed by atoms with Gasteiger partial charge in [-0.3, -0.25) is 15.1 Å². The molecule has 1 heterocycles. The van der Waals surface area contributed by atoms with Gasteiger partial charge in [0.05, 0.1) is 12.0 Å². The third-order valence-corrected chi connectivity index (χ3v) is 1.66. The summed E-state index contributed by atoms with van der Waals surface area (Å²) in [5.74, 6) is 0.259. The molecule has 0 bridgehead atoms. The molecule has 0 aliphatic heterocycles. The van der Waals surface area contributed by atoms with E-state index in [-0.39, 0.29) is 11.4 Å². The maximum Gasteiger partial charge on any atom is 0.331 e. The van der Waals surface area contributed by atoms with E-state index in [0.29, 0.717) is 11.4 Å². The number of pyridine rings is 1. The summed E-state index contributed by atoms with van der Waals surface area (Å²) < 4.78 is 4.89. The molecular weight excluding hydrogens is 172 g/mol. The van der Waals surface area contributed by atoms with Crippen LogP contribution in [0, 0.1) is 24.0 Å². The maximum absolute atomic E-state index is 10.6.